The number of hydrogen-bond acceptors (Lipinski definition) is 4. The van der Waals surface area contributed by atoms with Crippen molar-refractivity contribution in [3.63, 3.8) is 0 Å². The molecule has 1 unspecified atom stereocenters. The minimum Gasteiger partial charge on any atom is -0.307 e. The molecule has 1 aromatic rings. The van der Waals surface area contributed by atoms with Gasteiger partial charge in [-0.1, -0.05) is 6.07 Å². The lowest BCUT2D eigenvalue weighted by Crippen LogP contribution is -2.11. The van der Waals surface area contributed by atoms with E-state index in [1.165, 1.54) is 24.1 Å². The molecule has 0 saturated heterocycles. The van der Waals surface area contributed by atoms with Gasteiger partial charge in [0, 0.05) is 24.1 Å². The lowest BCUT2D eigenvalue weighted by atomic mass is 10.4. The molecule has 0 spiro atoms. The quantitative estimate of drug-likeness (QED) is 0.616. The molecule has 1 heterocycles. The molecule has 2 nitrogen and oxygen atoms in total. The van der Waals surface area contributed by atoms with Crippen LogP contribution in [-0.2, 0) is 8.37 Å². The van der Waals surface area contributed by atoms with E-state index in [2.05, 4.69) is 6.07 Å². The summed E-state index contributed by atoms with van der Waals surface area (Å²) in [6.07, 6.45) is 0.134. The van der Waals surface area contributed by atoms with E-state index >= 15 is 0 Å². The van der Waals surface area contributed by atoms with E-state index in [-0.39, 0.29) is 6.10 Å². The summed E-state index contributed by atoms with van der Waals surface area (Å²) in [5, 5.41) is 0. The third-order valence-corrected chi connectivity index (χ3v) is 3.40. The van der Waals surface area contributed by atoms with E-state index in [1.807, 2.05) is 25.1 Å². The summed E-state index contributed by atoms with van der Waals surface area (Å²) in [6, 6.07) is 8.78. The van der Waals surface area contributed by atoms with Gasteiger partial charge in [0.2, 0.25) is 0 Å². The topological polar surface area (TPSA) is 18.5 Å². The van der Waals surface area contributed by atoms with Crippen LogP contribution in [0.25, 0.3) is 0 Å². The van der Waals surface area contributed by atoms with E-state index in [1.54, 1.807) is 0 Å². The third kappa shape index (κ3) is 2.40. The van der Waals surface area contributed by atoms with Gasteiger partial charge in [-0.25, -0.2) is 0 Å². The highest BCUT2D eigenvalue weighted by Crippen LogP contribution is 2.34. The van der Waals surface area contributed by atoms with Crippen LogP contribution in [0.15, 0.2) is 28.0 Å². The van der Waals surface area contributed by atoms with Crippen molar-refractivity contribution in [2.45, 2.75) is 22.8 Å². The second kappa shape index (κ2) is 4.37. The van der Waals surface area contributed by atoms with Gasteiger partial charge in [-0.3, -0.25) is 0 Å². The van der Waals surface area contributed by atoms with Gasteiger partial charge in [0.25, 0.3) is 0 Å². The lowest BCUT2D eigenvalue weighted by Gasteiger charge is -2.16. The molecular weight excluding hydrogens is 204 g/mol. The van der Waals surface area contributed by atoms with Crippen LogP contribution in [0.5, 0.6) is 0 Å². The van der Waals surface area contributed by atoms with Gasteiger partial charge in [-0.2, -0.15) is 0 Å². The van der Waals surface area contributed by atoms with Crippen molar-refractivity contribution in [2.24, 2.45) is 0 Å². The van der Waals surface area contributed by atoms with E-state index in [0.717, 1.165) is 9.79 Å². The van der Waals surface area contributed by atoms with E-state index in [4.69, 9.17) is 8.37 Å². The number of benzene rings is 1. The first-order valence-corrected chi connectivity index (χ1v) is 5.47. The third-order valence-electron chi connectivity index (χ3n) is 1.54. The van der Waals surface area contributed by atoms with E-state index in [0.29, 0.717) is 6.61 Å². The monoisotopic (exact) mass is 213 g/mol. The standard InChI is InChI=1S/C9H9O2S2/c1-7-6-10-12-8-4-2-3-5-9(8)13-11-7/h3-5,7H,6H2,1H3. The Morgan fingerprint density at radius 1 is 1.46 bits per heavy atom. The van der Waals surface area contributed by atoms with Crippen molar-refractivity contribution in [3.8, 4) is 0 Å². The molecule has 0 aliphatic carbocycles. The maximum Gasteiger partial charge on any atom is 0.0944 e. The van der Waals surface area contributed by atoms with Crippen molar-refractivity contribution in [1.29, 1.82) is 0 Å². The van der Waals surface area contributed by atoms with Gasteiger partial charge in [0.1, 0.15) is 0 Å². The van der Waals surface area contributed by atoms with Crippen LogP contribution in [0.1, 0.15) is 6.92 Å². The smallest absolute Gasteiger partial charge is 0.0944 e. The van der Waals surface area contributed by atoms with Crippen molar-refractivity contribution in [2.75, 3.05) is 6.61 Å². The average Bonchev–Trinajstić information content (AvgIpc) is 2.13. The second-order valence-electron chi connectivity index (χ2n) is 2.73. The fraction of sp³-hybridized carbons (Fsp3) is 0.333. The second-order valence-corrected chi connectivity index (χ2v) is 4.37. The van der Waals surface area contributed by atoms with Crippen molar-refractivity contribution in [1.82, 2.24) is 0 Å². The maximum absolute atomic E-state index is 5.47. The van der Waals surface area contributed by atoms with E-state index < -0.39 is 0 Å². The highest BCUT2D eigenvalue weighted by Gasteiger charge is 2.12. The average molecular weight is 213 g/mol. The fourth-order valence-electron chi connectivity index (χ4n) is 0.890. The molecule has 1 aliphatic rings. The van der Waals surface area contributed by atoms with Crippen molar-refractivity contribution in [3.05, 3.63) is 24.3 Å². The summed E-state index contributed by atoms with van der Waals surface area (Å²) in [5.41, 5.74) is 0. The zero-order valence-corrected chi connectivity index (χ0v) is 8.78. The first-order chi connectivity index (χ1) is 6.36. The SMILES string of the molecule is CC1COSc2c[c]ccc2SO1. The molecule has 69 valence electrons. The molecule has 4 heteroatoms. The lowest BCUT2D eigenvalue weighted by molar-refractivity contribution is 0.180. The van der Waals surface area contributed by atoms with Crippen LogP contribution in [0, 0.1) is 6.07 Å². The van der Waals surface area contributed by atoms with Crippen molar-refractivity contribution < 1.29 is 8.37 Å². The maximum atomic E-state index is 5.47. The molecule has 0 N–H and O–H groups in total. The van der Waals surface area contributed by atoms with Crippen LogP contribution < -0.4 is 0 Å². The summed E-state index contributed by atoms with van der Waals surface area (Å²) in [7, 11) is 0. The Morgan fingerprint density at radius 3 is 3.31 bits per heavy atom. The first-order valence-electron chi connectivity index (χ1n) is 3.99. The number of hydrogen-bond donors (Lipinski definition) is 0. The van der Waals surface area contributed by atoms with Gasteiger partial charge in [0.05, 0.1) is 22.5 Å². The molecular formula is C9H9O2S2. The molecule has 0 aromatic heterocycles. The predicted molar refractivity (Wildman–Crippen MR) is 53.5 cm³/mol. The van der Waals surface area contributed by atoms with Gasteiger partial charge >= 0.3 is 0 Å². The van der Waals surface area contributed by atoms with Gasteiger partial charge in [0.15, 0.2) is 0 Å². The Hall–Kier alpha value is -0.160. The number of rotatable bonds is 0. The van der Waals surface area contributed by atoms with Crippen LogP contribution in [0.4, 0.5) is 0 Å². The van der Waals surface area contributed by atoms with Crippen LogP contribution in [0.3, 0.4) is 0 Å². The Morgan fingerprint density at radius 2 is 2.38 bits per heavy atom. The predicted octanol–water partition coefficient (Wildman–Crippen LogP) is 2.94. The van der Waals surface area contributed by atoms with Crippen LogP contribution in [0.2, 0.25) is 0 Å². The summed E-state index contributed by atoms with van der Waals surface area (Å²) >= 11 is 2.80. The molecule has 0 fully saturated rings. The van der Waals surface area contributed by atoms with Crippen molar-refractivity contribution >= 4 is 24.1 Å². The zero-order chi connectivity index (χ0) is 9.10. The minimum atomic E-state index is 0.134. The van der Waals surface area contributed by atoms with Gasteiger partial charge in [-0.15, -0.1) is 0 Å². The molecule has 1 atom stereocenters. The highest BCUT2D eigenvalue weighted by molar-refractivity contribution is 7.97. The molecule has 1 aromatic carbocycles. The summed E-state index contributed by atoms with van der Waals surface area (Å²) in [4.78, 5) is 2.16. The Labute approximate surface area is 86.4 Å². The highest BCUT2D eigenvalue weighted by atomic mass is 32.2. The largest absolute Gasteiger partial charge is 0.307 e. The summed E-state index contributed by atoms with van der Waals surface area (Å²) in [6.45, 7) is 2.61. The van der Waals surface area contributed by atoms with Gasteiger partial charge in [-0.05, 0) is 25.1 Å². The minimum absolute atomic E-state index is 0.134. The molecule has 13 heavy (non-hydrogen) atoms. The van der Waals surface area contributed by atoms with Crippen LogP contribution in [-0.4, -0.2) is 12.7 Å². The Balaban J connectivity index is 2.20. The fourth-order valence-corrected chi connectivity index (χ4v) is 2.34. The molecule has 0 saturated carbocycles. The first kappa shape index (κ1) is 9.40. The van der Waals surface area contributed by atoms with Gasteiger partial charge < -0.3 is 8.37 Å². The summed E-state index contributed by atoms with van der Waals surface area (Å²) in [5.74, 6) is 0. The molecule has 1 aliphatic heterocycles. The Bertz CT molecular complexity index is 291. The summed E-state index contributed by atoms with van der Waals surface area (Å²) < 4.78 is 10.8. The normalized spacial score (nSPS) is 23.0. The molecule has 0 bridgehead atoms. The van der Waals surface area contributed by atoms with E-state index in [9.17, 15) is 0 Å². The number of fused-ring (bicyclic) bond motifs is 1. The van der Waals surface area contributed by atoms with Crippen LogP contribution >= 0.6 is 24.1 Å². The molecule has 0 amide bonds. The molecule has 1 radical (unpaired) electrons. The molecule has 2 rings (SSSR count). The Kier molecular flexibility index (Phi) is 3.16. The zero-order valence-electron chi connectivity index (χ0n) is 7.15.